The molecule has 1 fully saturated rings. The first-order valence-electron chi connectivity index (χ1n) is 4.72. The third-order valence-electron chi connectivity index (χ3n) is 2.31. The molecule has 14 heavy (non-hydrogen) atoms. The second kappa shape index (κ2) is 3.36. The monoisotopic (exact) mass is 191 g/mol. The van der Waals surface area contributed by atoms with Gasteiger partial charge in [0.25, 0.3) is 0 Å². The van der Waals surface area contributed by atoms with Crippen LogP contribution in [-0.2, 0) is 0 Å². The second-order valence-corrected chi connectivity index (χ2v) is 3.80. The van der Waals surface area contributed by atoms with Crippen molar-refractivity contribution in [1.82, 2.24) is 9.97 Å². The molecule has 1 aliphatic carbocycles. The van der Waals surface area contributed by atoms with Gasteiger partial charge in [0.2, 0.25) is 0 Å². The highest BCUT2D eigenvalue weighted by molar-refractivity contribution is 5.70. The Labute approximate surface area is 83.0 Å². The average molecular weight is 191 g/mol. The van der Waals surface area contributed by atoms with E-state index in [9.17, 15) is 4.79 Å². The standard InChI is InChI=1S/C10H13N3O/c1-13(2)10-5-8(7-3-4-7)11-9(6-14)12-10/h5-7H,3-4H2,1-2H3. The molecule has 0 radical (unpaired) electrons. The first-order chi connectivity index (χ1) is 6.70. The van der Waals surface area contributed by atoms with Gasteiger partial charge in [-0.15, -0.1) is 0 Å². The minimum absolute atomic E-state index is 0.290. The minimum Gasteiger partial charge on any atom is -0.363 e. The van der Waals surface area contributed by atoms with E-state index in [0.29, 0.717) is 12.2 Å². The van der Waals surface area contributed by atoms with Crippen LogP contribution in [0.25, 0.3) is 0 Å². The van der Waals surface area contributed by atoms with Crippen LogP contribution in [0.5, 0.6) is 0 Å². The number of rotatable bonds is 3. The molecule has 4 heteroatoms. The number of carbonyl (C=O) groups is 1. The smallest absolute Gasteiger partial charge is 0.194 e. The number of aldehydes is 1. The van der Waals surface area contributed by atoms with Crippen molar-refractivity contribution in [3.05, 3.63) is 17.6 Å². The van der Waals surface area contributed by atoms with Crippen LogP contribution in [0.2, 0.25) is 0 Å². The van der Waals surface area contributed by atoms with E-state index >= 15 is 0 Å². The third-order valence-corrected chi connectivity index (χ3v) is 2.31. The van der Waals surface area contributed by atoms with Gasteiger partial charge < -0.3 is 4.90 Å². The molecule has 0 unspecified atom stereocenters. The van der Waals surface area contributed by atoms with Gasteiger partial charge in [-0.1, -0.05) is 0 Å². The Morgan fingerprint density at radius 3 is 2.64 bits per heavy atom. The van der Waals surface area contributed by atoms with Crippen LogP contribution < -0.4 is 4.90 Å². The van der Waals surface area contributed by atoms with Crippen molar-refractivity contribution in [1.29, 1.82) is 0 Å². The Morgan fingerprint density at radius 2 is 2.14 bits per heavy atom. The fraction of sp³-hybridized carbons (Fsp3) is 0.500. The van der Waals surface area contributed by atoms with Crippen LogP contribution >= 0.6 is 0 Å². The van der Waals surface area contributed by atoms with Crippen LogP contribution in [0.4, 0.5) is 5.82 Å². The van der Waals surface area contributed by atoms with Crippen molar-refractivity contribution in [2.45, 2.75) is 18.8 Å². The van der Waals surface area contributed by atoms with E-state index in [-0.39, 0.29) is 5.82 Å². The SMILES string of the molecule is CN(C)c1cc(C2CC2)nc(C=O)n1. The Balaban J connectivity index is 2.40. The van der Waals surface area contributed by atoms with Crippen molar-refractivity contribution in [2.75, 3.05) is 19.0 Å². The largest absolute Gasteiger partial charge is 0.363 e. The Kier molecular flexibility index (Phi) is 2.19. The summed E-state index contributed by atoms with van der Waals surface area (Å²) in [4.78, 5) is 20.8. The molecule has 74 valence electrons. The molecule has 0 N–H and O–H groups in total. The zero-order valence-electron chi connectivity index (χ0n) is 8.40. The Morgan fingerprint density at radius 1 is 1.43 bits per heavy atom. The van der Waals surface area contributed by atoms with E-state index in [4.69, 9.17) is 0 Å². The Hall–Kier alpha value is -1.45. The zero-order valence-corrected chi connectivity index (χ0v) is 8.40. The number of hydrogen-bond donors (Lipinski definition) is 0. The van der Waals surface area contributed by atoms with Crippen LogP contribution in [0, 0.1) is 0 Å². The molecule has 0 amide bonds. The highest BCUT2D eigenvalue weighted by atomic mass is 16.1. The lowest BCUT2D eigenvalue weighted by molar-refractivity contribution is 0.111. The summed E-state index contributed by atoms with van der Waals surface area (Å²) in [5.41, 5.74) is 1.01. The zero-order chi connectivity index (χ0) is 10.1. The predicted molar refractivity (Wildman–Crippen MR) is 53.7 cm³/mol. The first-order valence-corrected chi connectivity index (χ1v) is 4.72. The third kappa shape index (κ3) is 1.73. The number of anilines is 1. The van der Waals surface area contributed by atoms with Gasteiger partial charge in [0.1, 0.15) is 5.82 Å². The summed E-state index contributed by atoms with van der Waals surface area (Å²) in [7, 11) is 3.82. The fourth-order valence-corrected chi connectivity index (χ4v) is 1.34. The van der Waals surface area contributed by atoms with Crippen molar-refractivity contribution < 1.29 is 4.79 Å². The minimum atomic E-state index is 0.290. The summed E-state index contributed by atoms with van der Waals surface area (Å²) < 4.78 is 0. The molecule has 0 spiro atoms. The maximum Gasteiger partial charge on any atom is 0.194 e. The molecule has 0 saturated heterocycles. The maximum atomic E-state index is 10.6. The van der Waals surface area contributed by atoms with Gasteiger partial charge in [0.15, 0.2) is 12.1 Å². The molecule has 0 aromatic carbocycles. The molecule has 1 saturated carbocycles. The van der Waals surface area contributed by atoms with Gasteiger partial charge in [-0.2, -0.15) is 0 Å². The number of nitrogens with zero attached hydrogens (tertiary/aromatic N) is 3. The summed E-state index contributed by atoms with van der Waals surface area (Å²) in [6, 6.07) is 1.96. The highest BCUT2D eigenvalue weighted by Gasteiger charge is 2.26. The Bertz CT molecular complexity index is 338. The van der Waals surface area contributed by atoms with E-state index in [1.54, 1.807) is 0 Å². The van der Waals surface area contributed by atoms with Gasteiger partial charge in [0.05, 0.1) is 0 Å². The molecule has 4 nitrogen and oxygen atoms in total. The van der Waals surface area contributed by atoms with Crippen molar-refractivity contribution in [2.24, 2.45) is 0 Å². The predicted octanol–water partition coefficient (Wildman–Crippen LogP) is 1.23. The lowest BCUT2D eigenvalue weighted by Crippen LogP contribution is -2.13. The van der Waals surface area contributed by atoms with Gasteiger partial charge in [-0.3, -0.25) is 4.79 Å². The van der Waals surface area contributed by atoms with Crippen molar-refractivity contribution >= 4 is 12.1 Å². The molecular weight excluding hydrogens is 178 g/mol. The molecule has 1 aromatic heterocycles. The average Bonchev–Trinajstić information content (AvgIpc) is 3.00. The summed E-state index contributed by atoms with van der Waals surface area (Å²) >= 11 is 0. The summed E-state index contributed by atoms with van der Waals surface area (Å²) in [5.74, 6) is 1.65. The van der Waals surface area contributed by atoms with Gasteiger partial charge in [-0.25, -0.2) is 9.97 Å². The van der Waals surface area contributed by atoms with E-state index < -0.39 is 0 Å². The number of hydrogen-bond acceptors (Lipinski definition) is 4. The first kappa shape index (κ1) is 9.12. The molecule has 1 heterocycles. The van der Waals surface area contributed by atoms with E-state index in [1.165, 1.54) is 12.8 Å². The molecule has 1 aliphatic rings. The van der Waals surface area contributed by atoms with Crippen molar-refractivity contribution in [3.8, 4) is 0 Å². The quantitative estimate of drug-likeness (QED) is 0.674. The molecule has 0 aliphatic heterocycles. The molecule has 0 atom stereocenters. The summed E-state index contributed by atoms with van der Waals surface area (Å²) in [5, 5.41) is 0. The molecular formula is C10H13N3O. The van der Waals surface area contributed by atoms with E-state index in [0.717, 1.165) is 11.5 Å². The van der Waals surface area contributed by atoms with Gasteiger partial charge >= 0.3 is 0 Å². The normalized spacial score (nSPS) is 15.3. The van der Waals surface area contributed by atoms with Crippen LogP contribution in [-0.4, -0.2) is 30.3 Å². The maximum absolute atomic E-state index is 10.6. The molecule has 1 aromatic rings. The summed E-state index contributed by atoms with van der Waals surface area (Å²) in [6.45, 7) is 0. The second-order valence-electron chi connectivity index (χ2n) is 3.80. The van der Waals surface area contributed by atoms with Crippen molar-refractivity contribution in [3.63, 3.8) is 0 Å². The van der Waals surface area contributed by atoms with Crippen LogP contribution in [0.15, 0.2) is 6.07 Å². The number of aromatic nitrogens is 2. The fourth-order valence-electron chi connectivity index (χ4n) is 1.34. The molecule has 2 rings (SSSR count). The summed E-state index contributed by atoms with van der Waals surface area (Å²) in [6.07, 6.45) is 3.07. The topological polar surface area (TPSA) is 46.1 Å². The molecule has 0 bridgehead atoms. The lowest BCUT2D eigenvalue weighted by Gasteiger charge is -2.12. The lowest BCUT2D eigenvalue weighted by atomic mass is 10.2. The van der Waals surface area contributed by atoms with Gasteiger partial charge in [0, 0.05) is 31.8 Å². The van der Waals surface area contributed by atoms with Crippen LogP contribution in [0.3, 0.4) is 0 Å². The van der Waals surface area contributed by atoms with E-state index in [2.05, 4.69) is 9.97 Å². The van der Waals surface area contributed by atoms with Gasteiger partial charge in [-0.05, 0) is 12.8 Å². The van der Waals surface area contributed by atoms with E-state index in [1.807, 2.05) is 25.1 Å². The number of carbonyl (C=O) groups excluding carboxylic acids is 1. The highest BCUT2D eigenvalue weighted by Crippen LogP contribution is 2.39. The van der Waals surface area contributed by atoms with Crippen LogP contribution in [0.1, 0.15) is 35.1 Å².